The van der Waals surface area contributed by atoms with E-state index in [1.54, 1.807) is 0 Å². The fraction of sp³-hybridized carbons (Fsp3) is 0.400. The first-order chi connectivity index (χ1) is 10.1. The Hall–Kier alpha value is -1.60. The molecule has 1 heteroatoms. The Labute approximate surface area is 128 Å². The van der Waals surface area contributed by atoms with Gasteiger partial charge in [0.2, 0.25) is 0 Å². The van der Waals surface area contributed by atoms with Crippen LogP contribution in [0.4, 0.5) is 0 Å². The van der Waals surface area contributed by atoms with Gasteiger partial charge in [-0.1, -0.05) is 48.0 Å². The molecule has 0 heterocycles. The molecule has 1 aliphatic rings. The van der Waals surface area contributed by atoms with Gasteiger partial charge in [-0.2, -0.15) is 0 Å². The van der Waals surface area contributed by atoms with Crippen molar-refractivity contribution in [3.05, 3.63) is 70.3 Å². The largest absolute Gasteiger partial charge is 0.306 e. The van der Waals surface area contributed by atoms with E-state index < -0.39 is 0 Å². The third-order valence-electron chi connectivity index (χ3n) is 4.54. The van der Waals surface area contributed by atoms with Crippen molar-refractivity contribution in [2.45, 2.75) is 52.1 Å². The quantitative estimate of drug-likeness (QED) is 0.809. The molecule has 2 aromatic carbocycles. The molecule has 0 saturated heterocycles. The minimum Gasteiger partial charge on any atom is -0.306 e. The van der Waals surface area contributed by atoms with Crippen LogP contribution in [0.15, 0.2) is 42.5 Å². The summed E-state index contributed by atoms with van der Waals surface area (Å²) in [7, 11) is 0. The molecule has 1 atom stereocenters. The number of hydrogen-bond donors (Lipinski definition) is 1. The van der Waals surface area contributed by atoms with E-state index in [-0.39, 0.29) is 0 Å². The summed E-state index contributed by atoms with van der Waals surface area (Å²) in [5, 5.41) is 3.65. The summed E-state index contributed by atoms with van der Waals surface area (Å²) in [5.41, 5.74) is 6.99. The first-order valence-corrected chi connectivity index (χ1v) is 8.03. The van der Waals surface area contributed by atoms with Crippen LogP contribution in [0.3, 0.4) is 0 Å². The van der Waals surface area contributed by atoms with Crippen LogP contribution >= 0.6 is 0 Å². The Morgan fingerprint density at radius 3 is 2.43 bits per heavy atom. The van der Waals surface area contributed by atoms with Gasteiger partial charge in [0.15, 0.2) is 0 Å². The summed E-state index contributed by atoms with van der Waals surface area (Å²) >= 11 is 0. The molecule has 0 radical (unpaired) electrons. The number of aryl methyl sites for hydroxylation is 2. The molecular weight excluding hydrogens is 254 g/mol. The van der Waals surface area contributed by atoms with Crippen LogP contribution in [0.25, 0.3) is 0 Å². The highest BCUT2D eigenvalue weighted by Gasteiger charge is 2.22. The summed E-state index contributed by atoms with van der Waals surface area (Å²) < 4.78 is 0. The molecule has 0 amide bonds. The predicted octanol–water partition coefficient (Wildman–Crippen LogP) is 5.03. The number of hydrogen-bond acceptors (Lipinski definition) is 1. The van der Waals surface area contributed by atoms with Crippen molar-refractivity contribution in [2.24, 2.45) is 0 Å². The summed E-state index contributed by atoms with van der Waals surface area (Å²) in [4.78, 5) is 0. The number of nitrogens with one attached hydrogen (secondary N) is 1. The van der Waals surface area contributed by atoms with Gasteiger partial charge in [0.05, 0.1) is 0 Å². The van der Waals surface area contributed by atoms with E-state index in [4.69, 9.17) is 0 Å². The fourth-order valence-corrected chi connectivity index (χ4v) is 2.93. The van der Waals surface area contributed by atoms with Crippen molar-refractivity contribution < 1.29 is 0 Å². The highest BCUT2D eigenvalue weighted by atomic mass is 14.9. The SMILES string of the molecule is Cc1ccc(C)c(C(C)NCc2ccc(C3CC3)cc2)c1. The average molecular weight is 279 g/mol. The maximum Gasteiger partial charge on any atom is 0.0297 e. The third kappa shape index (κ3) is 3.54. The second-order valence-electron chi connectivity index (χ2n) is 6.48. The molecule has 3 rings (SSSR count). The number of rotatable bonds is 5. The lowest BCUT2D eigenvalue weighted by Crippen LogP contribution is -2.19. The molecule has 2 aromatic rings. The van der Waals surface area contributed by atoms with Crippen molar-refractivity contribution in [1.29, 1.82) is 0 Å². The Balaban J connectivity index is 1.62. The van der Waals surface area contributed by atoms with Gasteiger partial charge >= 0.3 is 0 Å². The molecule has 0 aromatic heterocycles. The van der Waals surface area contributed by atoms with Gasteiger partial charge in [-0.25, -0.2) is 0 Å². The zero-order chi connectivity index (χ0) is 14.8. The summed E-state index contributed by atoms with van der Waals surface area (Å²) in [6.45, 7) is 7.53. The lowest BCUT2D eigenvalue weighted by atomic mass is 9.99. The van der Waals surface area contributed by atoms with Crippen LogP contribution in [-0.2, 0) is 6.54 Å². The third-order valence-corrected chi connectivity index (χ3v) is 4.54. The van der Waals surface area contributed by atoms with Crippen molar-refractivity contribution in [3.63, 3.8) is 0 Å². The first-order valence-electron chi connectivity index (χ1n) is 8.03. The standard InChI is InChI=1S/C20H25N/c1-14-4-5-15(2)20(12-14)16(3)21-13-17-6-8-18(9-7-17)19-10-11-19/h4-9,12,16,19,21H,10-11,13H2,1-3H3. The second kappa shape index (κ2) is 6.03. The molecule has 21 heavy (non-hydrogen) atoms. The molecular formula is C20H25N. The molecule has 0 bridgehead atoms. The van der Waals surface area contributed by atoms with Crippen LogP contribution in [0.1, 0.15) is 59.5 Å². The molecule has 1 unspecified atom stereocenters. The highest BCUT2D eigenvalue weighted by molar-refractivity contribution is 5.33. The predicted molar refractivity (Wildman–Crippen MR) is 89.6 cm³/mol. The summed E-state index contributed by atoms with van der Waals surface area (Å²) in [6.07, 6.45) is 2.75. The molecule has 0 spiro atoms. The smallest absolute Gasteiger partial charge is 0.0297 e. The van der Waals surface area contributed by atoms with Crippen molar-refractivity contribution in [2.75, 3.05) is 0 Å². The molecule has 1 N–H and O–H groups in total. The lowest BCUT2D eigenvalue weighted by Gasteiger charge is -2.17. The normalized spacial score (nSPS) is 16.0. The van der Waals surface area contributed by atoms with Gasteiger partial charge in [0.1, 0.15) is 0 Å². The molecule has 1 saturated carbocycles. The van der Waals surface area contributed by atoms with Crippen LogP contribution in [0, 0.1) is 13.8 Å². The zero-order valence-corrected chi connectivity index (χ0v) is 13.3. The van der Waals surface area contributed by atoms with Crippen LogP contribution < -0.4 is 5.32 Å². The van der Waals surface area contributed by atoms with Crippen LogP contribution in [0.5, 0.6) is 0 Å². The summed E-state index contributed by atoms with van der Waals surface area (Å²) in [5.74, 6) is 0.848. The van der Waals surface area contributed by atoms with Crippen LogP contribution in [-0.4, -0.2) is 0 Å². The Kier molecular flexibility index (Phi) is 4.12. The molecule has 1 fully saturated rings. The minimum atomic E-state index is 0.382. The Morgan fingerprint density at radius 2 is 1.76 bits per heavy atom. The minimum absolute atomic E-state index is 0.382. The van der Waals surface area contributed by atoms with Crippen molar-refractivity contribution >= 4 is 0 Å². The Bertz CT molecular complexity index is 608. The van der Waals surface area contributed by atoms with Crippen molar-refractivity contribution in [3.8, 4) is 0 Å². The maximum atomic E-state index is 3.65. The van der Waals surface area contributed by atoms with Gasteiger partial charge in [-0.15, -0.1) is 0 Å². The van der Waals surface area contributed by atoms with Crippen LogP contribution in [0.2, 0.25) is 0 Å². The van der Waals surface area contributed by atoms with E-state index >= 15 is 0 Å². The lowest BCUT2D eigenvalue weighted by molar-refractivity contribution is 0.572. The average Bonchev–Trinajstić information content (AvgIpc) is 3.32. The van der Waals surface area contributed by atoms with E-state index in [1.807, 2.05) is 0 Å². The molecule has 0 aliphatic heterocycles. The van der Waals surface area contributed by atoms with E-state index in [0.29, 0.717) is 6.04 Å². The monoisotopic (exact) mass is 279 g/mol. The topological polar surface area (TPSA) is 12.0 Å². The van der Waals surface area contributed by atoms with Gasteiger partial charge in [-0.05, 0) is 61.8 Å². The molecule has 110 valence electrons. The fourth-order valence-electron chi connectivity index (χ4n) is 2.93. The second-order valence-corrected chi connectivity index (χ2v) is 6.48. The maximum absolute atomic E-state index is 3.65. The van der Waals surface area contributed by atoms with Gasteiger partial charge in [-0.3, -0.25) is 0 Å². The Morgan fingerprint density at radius 1 is 1.05 bits per heavy atom. The van der Waals surface area contributed by atoms with E-state index in [2.05, 4.69) is 68.6 Å². The van der Waals surface area contributed by atoms with Gasteiger partial charge in [0.25, 0.3) is 0 Å². The first kappa shape index (κ1) is 14.3. The highest BCUT2D eigenvalue weighted by Crippen LogP contribution is 2.39. The zero-order valence-electron chi connectivity index (χ0n) is 13.3. The van der Waals surface area contributed by atoms with E-state index in [9.17, 15) is 0 Å². The molecule has 1 aliphatic carbocycles. The number of benzene rings is 2. The van der Waals surface area contributed by atoms with Crippen molar-refractivity contribution in [1.82, 2.24) is 5.32 Å². The van der Waals surface area contributed by atoms with Gasteiger partial charge < -0.3 is 5.32 Å². The van der Waals surface area contributed by atoms with E-state index in [1.165, 1.54) is 40.7 Å². The van der Waals surface area contributed by atoms with E-state index in [0.717, 1.165) is 12.5 Å². The molecule has 1 nitrogen and oxygen atoms in total. The summed E-state index contributed by atoms with van der Waals surface area (Å²) in [6, 6.07) is 16.2. The van der Waals surface area contributed by atoms with Gasteiger partial charge in [0, 0.05) is 12.6 Å².